The van der Waals surface area contributed by atoms with Crippen molar-refractivity contribution < 1.29 is 0 Å². The van der Waals surface area contributed by atoms with Gasteiger partial charge in [-0.3, -0.25) is 10.4 Å². The van der Waals surface area contributed by atoms with Crippen LogP contribution in [-0.2, 0) is 0 Å². The van der Waals surface area contributed by atoms with Gasteiger partial charge in [0.15, 0.2) is 5.82 Å². The molecule has 0 aromatic rings. The summed E-state index contributed by atoms with van der Waals surface area (Å²) in [5, 5.41) is 5.10. The third-order valence-electron chi connectivity index (χ3n) is 1.40. The molecule has 4 heteroatoms. The van der Waals surface area contributed by atoms with E-state index in [9.17, 15) is 0 Å². The molecule has 0 unspecified atom stereocenters. The van der Waals surface area contributed by atoms with Gasteiger partial charge in [0, 0.05) is 12.7 Å². The lowest BCUT2D eigenvalue weighted by Gasteiger charge is -2.22. The van der Waals surface area contributed by atoms with Crippen molar-refractivity contribution in [2.75, 3.05) is 13.1 Å². The Morgan fingerprint density at radius 3 is 3.56 bits per heavy atom. The number of hydrogen-bond acceptors (Lipinski definition) is 4. The smallest absolute Gasteiger partial charge is 0.164 e. The Labute approximate surface area is 53.2 Å². The van der Waals surface area contributed by atoms with Crippen LogP contribution in [0.5, 0.6) is 0 Å². The molecule has 0 saturated heterocycles. The molecule has 0 bridgehead atoms. The van der Waals surface area contributed by atoms with Gasteiger partial charge in [-0.25, -0.2) is 4.99 Å². The Balaban J connectivity index is 2.23. The van der Waals surface area contributed by atoms with Crippen molar-refractivity contribution in [1.29, 1.82) is 0 Å². The number of hydrazine groups is 1. The van der Waals surface area contributed by atoms with Crippen molar-refractivity contribution in [3.63, 3.8) is 0 Å². The third-order valence-corrected chi connectivity index (χ3v) is 1.40. The maximum atomic E-state index is 4.05. The largest absolute Gasteiger partial charge is 0.386 e. The normalized spacial score (nSPS) is 22.2. The highest BCUT2D eigenvalue weighted by Crippen LogP contribution is 2.06. The highest BCUT2D eigenvalue weighted by atomic mass is 15.6. The minimum atomic E-state index is 0.973. The monoisotopic (exact) mass is 124 g/mol. The zero-order valence-corrected chi connectivity index (χ0v) is 4.96. The molecule has 0 amide bonds. The van der Waals surface area contributed by atoms with Gasteiger partial charge in [-0.05, 0) is 0 Å². The summed E-state index contributed by atoms with van der Waals surface area (Å²) in [6, 6.07) is 0. The van der Waals surface area contributed by atoms with E-state index < -0.39 is 0 Å². The van der Waals surface area contributed by atoms with Crippen LogP contribution in [-0.4, -0.2) is 24.4 Å². The first-order valence-electron chi connectivity index (χ1n) is 2.96. The average Bonchev–Trinajstić information content (AvgIpc) is 2.33. The fourth-order valence-corrected chi connectivity index (χ4v) is 0.935. The van der Waals surface area contributed by atoms with Gasteiger partial charge in [-0.1, -0.05) is 0 Å². The number of nitrogens with zero attached hydrogens (tertiary/aromatic N) is 2. The van der Waals surface area contributed by atoms with Crippen molar-refractivity contribution in [2.45, 2.75) is 0 Å². The Morgan fingerprint density at radius 2 is 2.67 bits per heavy atom. The maximum absolute atomic E-state index is 4.05. The Bertz CT molecular complexity index is 172. The van der Waals surface area contributed by atoms with E-state index in [0.29, 0.717) is 0 Å². The van der Waals surface area contributed by atoms with Gasteiger partial charge in [-0.2, -0.15) is 0 Å². The van der Waals surface area contributed by atoms with E-state index in [4.69, 9.17) is 0 Å². The number of rotatable bonds is 0. The van der Waals surface area contributed by atoms with E-state index >= 15 is 0 Å². The molecule has 0 spiro atoms. The van der Waals surface area contributed by atoms with Gasteiger partial charge >= 0.3 is 0 Å². The van der Waals surface area contributed by atoms with E-state index in [1.54, 1.807) is 6.34 Å². The highest BCUT2D eigenvalue weighted by molar-refractivity contribution is 5.58. The summed E-state index contributed by atoms with van der Waals surface area (Å²) in [6.45, 7) is 1.96. The molecule has 4 nitrogen and oxygen atoms in total. The number of aliphatic imine (C=N–C) groups is 1. The summed E-state index contributed by atoms with van der Waals surface area (Å²) in [7, 11) is 0. The quantitative estimate of drug-likeness (QED) is 0.446. The van der Waals surface area contributed by atoms with Crippen molar-refractivity contribution in [1.82, 2.24) is 15.8 Å². The summed E-state index contributed by atoms with van der Waals surface area (Å²) >= 11 is 0. The first-order valence-corrected chi connectivity index (χ1v) is 2.96. The second-order valence-corrected chi connectivity index (χ2v) is 2.00. The molecule has 0 aromatic carbocycles. The molecule has 0 aliphatic carbocycles. The summed E-state index contributed by atoms with van der Waals surface area (Å²) < 4.78 is 0. The second kappa shape index (κ2) is 1.65. The summed E-state index contributed by atoms with van der Waals surface area (Å²) in [6.07, 6.45) is 3.60. The van der Waals surface area contributed by atoms with Gasteiger partial charge in [0.2, 0.25) is 0 Å². The van der Waals surface area contributed by atoms with E-state index in [2.05, 4.69) is 15.7 Å². The molecule has 9 heavy (non-hydrogen) atoms. The van der Waals surface area contributed by atoms with Crippen molar-refractivity contribution in [3.8, 4) is 0 Å². The van der Waals surface area contributed by atoms with Crippen LogP contribution in [0.25, 0.3) is 0 Å². The van der Waals surface area contributed by atoms with Crippen molar-refractivity contribution in [2.24, 2.45) is 4.99 Å². The van der Waals surface area contributed by atoms with Crippen LogP contribution in [0.1, 0.15) is 0 Å². The molecule has 0 fully saturated rings. The molecule has 2 heterocycles. The Hall–Kier alpha value is -1.19. The highest BCUT2D eigenvalue weighted by Gasteiger charge is 2.13. The molecule has 0 saturated carbocycles. The molecule has 48 valence electrons. The first kappa shape index (κ1) is 4.67. The fourth-order valence-electron chi connectivity index (χ4n) is 0.935. The lowest BCUT2D eigenvalue weighted by atomic mass is 10.5. The van der Waals surface area contributed by atoms with E-state index in [-0.39, 0.29) is 0 Å². The van der Waals surface area contributed by atoms with Gasteiger partial charge < -0.3 is 5.32 Å². The molecular formula is C5H8N4. The molecule has 2 aliphatic heterocycles. The van der Waals surface area contributed by atoms with Gasteiger partial charge in [0.05, 0.1) is 6.54 Å². The van der Waals surface area contributed by atoms with Crippen molar-refractivity contribution >= 4 is 6.34 Å². The van der Waals surface area contributed by atoms with Crippen LogP contribution < -0.4 is 10.7 Å². The predicted octanol–water partition coefficient (Wildman–Crippen LogP) is -0.763. The van der Waals surface area contributed by atoms with Gasteiger partial charge in [-0.15, -0.1) is 0 Å². The zero-order chi connectivity index (χ0) is 6.10. The molecule has 0 radical (unpaired) electrons. The number of nitrogens with one attached hydrogen (secondary N) is 2. The molecule has 2 rings (SSSR count). The lowest BCUT2D eigenvalue weighted by Crippen LogP contribution is -2.39. The Kier molecular flexibility index (Phi) is 0.855. The molecule has 0 aromatic heterocycles. The topological polar surface area (TPSA) is 39.7 Å². The maximum Gasteiger partial charge on any atom is 0.164 e. The van der Waals surface area contributed by atoms with Crippen LogP contribution in [0.15, 0.2) is 17.0 Å². The van der Waals surface area contributed by atoms with Crippen LogP contribution >= 0.6 is 0 Å². The zero-order valence-electron chi connectivity index (χ0n) is 4.96. The van der Waals surface area contributed by atoms with Gasteiger partial charge in [0.25, 0.3) is 0 Å². The molecule has 2 aliphatic rings. The van der Waals surface area contributed by atoms with E-state index in [0.717, 1.165) is 18.9 Å². The first-order chi connectivity index (χ1) is 4.47. The van der Waals surface area contributed by atoms with Crippen LogP contribution in [0.3, 0.4) is 0 Å². The molecule has 0 atom stereocenters. The summed E-state index contributed by atoms with van der Waals surface area (Å²) in [5.41, 5.74) is 2.99. The standard InChI is InChI=1S/C5H8N4/c1-2-9-5(3-6-1)7-4-8-9/h3-4,6H,1-2H2,(H,7,8). The van der Waals surface area contributed by atoms with Gasteiger partial charge in [0.1, 0.15) is 6.34 Å². The molecular weight excluding hydrogens is 116 g/mol. The summed E-state index contributed by atoms with van der Waals surface area (Å²) in [5.74, 6) is 0.973. The number of fused-ring (bicyclic) bond motifs is 1. The van der Waals surface area contributed by atoms with Crippen LogP contribution in [0, 0.1) is 0 Å². The lowest BCUT2D eigenvalue weighted by molar-refractivity contribution is 0.307. The van der Waals surface area contributed by atoms with Crippen LogP contribution in [0.4, 0.5) is 0 Å². The number of hydrogen-bond donors (Lipinski definition) is 2. The third kappa shape index (κ3) is 0.630. The van der Waals surface area contributed by atoms with E-state index in [1.165, 1.54) is 0 Å². The predicted molar refractivity (Wildman–Crippen MR) is 34.4 cm³/mol. The van der Waals surface area contributed by atoms with Crippen LogP contribution in [0.2, 0.25) is 0 Å². The SMILES string of the molecule is C1=NC2=CNCCN2N1. The average molecular weight is 124 g/mol. The minimum absolute atomic E-state index is 0.973. The fraction of sp³-hybridized carbons (Fsp3) is 0.400. The summed E-state index contributed by atoms with van der Waals surface area (Å²) in [4.78, 5) is 4.05. The minimum Gasteiger partial charge on any atom is -0.386 e. The van der Waals surface area contributed by atoms with Crippen molar-refractivity contribution in [3.05, 3.63) is 12.0 Å². The second-order valence-electron chi connectivity index (χ2n) is 2.00. The Morgan fingerprint density at radius 1 is 1.67 bits per heavy atom. The molecule has 2 N–H and O–H groups in total. The van der Waals surface area contributed by atoms with E-state index in [1.807, 2.05) is 11.2 Å².